The van der Waals surface area contributed by atoms with Crippen LogP contribution in [0.4, 0.5) is 0 Å². The van der Waals surface area contributed by atoms with Gasteiger partial charge in [-0.05, 0) is 52.1 Å². The Morgan fingerprint density at radius 2 is 1.86 bits per heavy atom. The summed E-state index contributed by atoms with van der Waals surface area (Å²) in [5, 5.41) is 3.47. The number of rotatable bonds is 4. The standard InChI is InChI=1S/C18H25N3/c1-13-8-14(2)10-15(9-13)17(19-3)11-21-12-20-16-6-4-5-7-18(16)21/h8-10,12,17,19H,4-7,11H2,1-3H3. The quantitative estimate of drug-likeness (QED) is 0.932. The molecule has 0 bridgehead atoms. The molecule has 0 spiro atoms. The van der Waals surface area contributed by atoms with Gasteiger partial charge >= 0.3 is 0 Å². The number of likely N-dealkylation sites (N-methyl/N-ethyl adjacent to an activating group) is 1. The summed E-state index contributed by atoms with van der Waals surface area (Å²) in [6, 6.07) is 7.15. The number of imidazole rings is 1. The highest BCUT2D eigenvalue weighted by Crippen LogP contribution is 2.23. The van der Waals surface area contributed by atoms with E-state index in [4.69, 9.17) is 0 Å². The summed E-state index contributed by atoms with van der Waals surface area (Å²) < 4.78 is 2.35. The first-order valence-electron chi connectivity index (χ1n) is 7.95. The van der Waals surface area contributed by atoms with Gasteiger partial charge in [-0.15, -0.1) is 0 Å². The van der Waals surface area contributed by atoms with E-state index in [9.17, 15) is 0 Å². The third kappa shape index (κ3) is 3.03. The van der Waals surface area contributed by atoms with Gasteiger partial charge in [-0.3, -0.25) is 0 Å². The summed E-state index contributed by atoms with van der Waals surface area (Å²) in [6.45, 7) is 5.30. The lowest BCUT2D eigenvalue weighted by atomic mass is 9.99. The average molecular weight is 283 g/mol. The number of hydrogen-bond donors (Lipinski definition) is 1. The van der Waals surface area contributed by atoms with Gasteiger partial charge in [-0.1, -0.05) is 29.3 Å². The number of hydrogen-bond acceptors (Lipinski definition) is 2. The van der Waals surface area contributed by atoms with Gasteiger partial charge in [0.05, 0.1) is 18.1 Å². The largest absolute Gasteiger partial charge is 0.332 e. The summed E-state index contributed by atoms with van der Waals surface area (Å²) in [5.74, 6) is 0. The van der Waals surface area contributed by atoms with Crippen LogP contribution in [0.15, 0.2) is 24.5 Å². The van der Waals surface area contributed by atoms with Crippen LogP contribution in [-0.2, 0) is 19.4 Å². The summed E-state index contributed by atoms with van der Waals surface area (Å²) >= 11 is 0. The summed E-state index contributed by atoms with van der Waals surface area (Å²) in [7, 11) is 2.05. The molecule has 1 aromatic heterocycles. The van der Waals surface area contributed by atoms with Crippen molar-refractivity contribution >= 4 is 0 Å². The van der Waals surface area contributed by atoms with Crippen molar-refractivity contribution in [3.63, 3.8) is 0 Å². The van der Waals surface area contributed by atoms with Crippen LogP contribution in [0, 0.1) is 13.8 Å². The first-order chi connectivity index (χ1) is 10.2. The lowest BCUT2D eigenvalue weighted by molar-refractivity contribution is 0.482. The van der Waals surface area contributed by atoms with Crippen LogP contribution in [0.2, 0.25) is 0 Å². The van der Waals surface area contributed by atoms with E-state index in [-0.39, 0.29) is 0 Å². The molecule has 1 aromatic carbocycles. The predicted octanol–water partition coefficient (Wildman–Crippen LogP) is 3.34. The van der Waals surface area contributed by atoms with Crippen LogP contribution in [0.25, 0.3) is 0 Å². The number of nitrogens with one attached hydrogen (secondary N) is 1. The first kappa shape index (κ1) is 14.3. The summed E-state index contributed by atoms with van der Waals surface area (Å²) in [4.78, 5) is 4.61. The van der Waals surface area contributed by atoms with Gasteiger partial charge in [0.25, 0.3) is 0 Å². The molecule has 3 nitrogen and oxygen atoms in total. The van der Waals surface area contributed by atoms with Crippen LogP contribution in [0.5, 0.6) is 0 Å². The van der Waals surface area contributed by atoms with Gasteiger partial charge in [0.2, 0.25) is 0 Å². The van der Waals surface area contributed by atoms with Crippen molar-refractivity contribution in [2.45, 2.75) is 52.1 Å². The van der Waals surface area contributed by atoms with Crippen molar-refractivity contribution in [2.24, 2.45) is 0 Å². The van der Waals surface area contributed by atoms with Crippen LogP contribution in [0.1, 0.15) is 47.0 Å². The second-order valence-electron chi connectivity index (χ2n) is 6.26. The third-order valence-corrected chi connectivity index (χ3v) is 4.48. The first-order valence-corrected chi connectivity index (χ1v) is 7.95. The SMILES string of the molecule is CNC(Cn1cnc2c1CCCC2)c1cc(C)cc(C)c1. The van der Waals surface area contributed by atoms with E-state index >= 15 is 0 Å². The molecule has 3 heteroatoms. The normalized spacial score (nSPS) is 15.8. The molecule has 0 saturated heterocycles. The van der Waals surface area contributed by atoms with Gasteiger partial charge in [-0.25, -0.2) is 4.98 Å². The number of aromatic nitrogens is 2. The molecule has 2 aromatic rings. The van der Waals surface area contributed by atoms with Gasteiger partial charge < -0.3 is 9.88 Å². The Bertz CT molecular complexity index is 607. The lowest BCUT2D eigenvalue weighted by Crippen LogP contribution is -2.23. The van der Waals surface area contributed by atoms with Crippen LogP contribution in [0.3, 0.4) is 0 Å². The minimum Gasteiger partial charge on any atom is -0.332 e. The van der Waals surface area contributed by atoms with Crippen molar-refractivity contribution in [3.05, 3.63) is 52.6 Å². The van der Waals surface area contributed by atoms with Crippen LogP contribution in [-0.4, -0.2) is 16.6 Å². The highest BCUT2D eigenvalue weighted by molar-refractivity contribution is 5.31. The minimum absolute atomic E-state index is 0.337. The molecule has 112 valence electrons. The molecule has 1 heterocycles. The molecule has 0 aliphatic heterocycles. The van der Waals surface area contributed by atoms with E-state index in [0.717, 1.165) is 13.0 Å². The highest BCUT2D eigenvalue weighted by atomic mass is 15.1. The van der Waals surface area contributed by atoms with Gasteiger partial charge in [0, 0.05) is 12.2 Å². The maximum atomic E-state index is 4.61. The fraction of sp³-hybridized carbons (Fsp3) is 0.500. The maximum absolute atomic E-state index is 4.61. The molecule has 3 rings (SSSR count). The summed E-state index contributed by atoms with van der Waals surface area (Å²) in [5.41, 5.74) is 6.80. The second kappa shape index (κ2) is 6.02. The molecule has 0 fully saturated rings. The Morgan fingerprint density at radius 3 is 2.57 bits per heavy atom. The molecule has 21 heavy (non-hydrogen) atoms. The molecule has 0 radical (unpaired) electrons. The molecule has 1 unspecified atom stereocenters. The fourth-order valence-electron chi connectivity index (χ4n) is 3.46. The maximum Gasteiger partial charge on any atom is 0.0952 e. The van der Waals surface area contributed by atoms with E-state index in [1.54, 1.807) is 0 Å². The smallest absolute Gasteiger partial charge is 0.0952 e. The molecule has 0 saturated carbocycles. The number of fused-ring (bicyclic) bond motifs is 1. The zero-order chi connectivity index (χ0) is 14.8. The van der Waals surface area contributed by atoms with Crippen molar-refractivity contribution in [1.82, 2.24) is 14.9 Å². The molecule has 1 aliphatic rings. The average Bonchev–Trinajstić information content (AvgIpc) is 2.87. The molecule has 1 atom stereocenters. The fourth-order valence-corrected chi connectivity index (χ4v) is 3.46. The van der Waals surface area contributed by atoms with E-state index in [1.165, 1.54) is 47.3 Å². The Labute approximate surface area is 127 Å². The van der Waals surface area contributed by atoms with E-state index in [0.29, 0.717) is 6.04 Å². The topological polar surface area (TPSA) is 29.9 Å². The van der Waals surface area contributed by atoms with Crippen LogP contribution < -0.4 is 5.32 Å². The second-order valence-corrected chi connectivity index (χ2v) is 6.26. The van der Waals surface area contributed by atoms with E-state index in [2.05, 4.69) is 46.9 Å². The Hall–Kier alpha value is -1.61. The summed E-state index contributed by atoms with van der Waals surface area (Å²) in [6.07, 6.45) is 6.95. The zero-order valence-corrected chi connectivity index (χ0v) is 13.3. The number of nitrogens with zero attached hydrogens (tertiary/aromatic N) is 2. The Balaban J connectivity index is 1.86. The Morgan fingerprint density at radius 1 is 1.14 bits per heavy atom. The van der Waals surface area contributed by atoms with Crippen molar-refractivity contribution < 1.29 is 0 Å². The lowest BCUT2D eigenvalue weighted by Gasteiger charge is -2.21. The third-order valence-electron chi connectivity index (χ3n) is 4.48. The monoisotopic (exact) mass is 283 g/mol. The number of aryl methyl sites for hydroxylation is 3. The minimum atomic E-state index is 0.337. The van der Waals surface area contributed by atoms with E-state index in [1.807, 2.05) is 13.4 Å². The van der Waals surface area contributed by atoms with Crippen molar-refractivity contribution in [3.8, 4) is 0 Å². The van der Waals surface area contributed by atoms with Gasteiger partial charge in [-0.2, -0.15) is 0 Å². The number of benzene rings is 1. The zero-order valence-electron chi connectivity index (χ0n) is 13.3. The molecular weight excluding hydrogens is 258 g/mol. The van der Waals surface area contributed by atoms with Crippen molar-refractivity contribution in [1.29, 1.82) is 0 Å². The molecule has 1 N–H and O–H groups in total. The predicted molar refractivity (Wildman–Crippen MR) is 86.6 cm³/mol. The highest BCUT2D eigenvalue weighted by Gasteiger charge is 2.18. The molecule has 1 aliphatic carbocycles. The van der Waals surface area contributed by atoms with E-state index < -0.39 is 0 Å². The van der Waals surface area contributed by atoms with Crippen molar-refractivity contribution in [2.75, 3.05) is 7.05 Å². The van der Waals surface area contributed by atoms with Crippen LogP contribution >= 0.6 is 0 Å². The molecule has 0 amide bonds. The molecular formula is C18H25N3. The Kier molecular flexibility index (Phi) is 4.11. The van der Waals surface area contributed by atoms with Gasteiger partial charge in [0.1, 0.15) is 0 Å². The van der Waals surface area contributed by atoms with Gasteiger partial charge in [0.15, 0.2) is 0 Å².